The monoisotopic (exact) mass is 687 g/mol. The first-order valence-electron chi connectivity index (χ1n) is 16.2. The number of likely N-dealkylation sites (tertiary alicyclic amines) is 1. The fraction of sp³-hybridized carbons (Fsp3) is 0.368. The van der Waals surface area contributed by atoms with Gasteiger partial charge >= 0.3 is 5.97 Å². The average Bonchev–Trinajstić information content (AvgIpc) is 3.31. The van der Waals surface area contributed by atoms with Crippen LogP contribution in [-0.4, -0.2) is 59.6 Å². The van der Waals surface area contributed by atoms with E-state index in [1.54, 1.807) is 45.0 Å². The van der Waals surface area contributed by atoms with Crippen LogP contribution in [0.3, 0.4) is 0 Å². The van der Waals surface area contributed by atoms with Gasteiger partial charge in [-0.25, -0.2) is 9.18 Å². The van der Waals surface area contributed by atoms with Crippen molar-refractivity contribution >= 4 is 36.3 Å². The molecule has 2 aliphatic rings. The van der Waals surface area contributed by atoms with E-state index in [4.69, 9.17) is 4.74 Å². The number of alkyl halides is 1. The molecule has 48 heavy (non-hydrogen) atoms. The number of nitrogens with zero attached hydrogens (tertiary/aromatic N) is 1. The number of fused-ring (bicyclic) bond motifs is 3. The molecular weight excluding hydrogens is 643 g/mol. The minimum Gasteiger partial charge on any atom is -0.456 e. The van der Waals surface area contributed by atoms with E-state index in [0.717, 1.165) is 54.7 Å². The molecule has 1 aliphatic carbocycles. The lowest BCUT2D eigenvalue weighted by Gasteiger charge is -2.40. The summed E-state index contributed by atoms with van der Waals surface area (Å²) in [5.41, 5.74) is 6.31. The van der Waals surface area contributed by atoms with Gasteiger partial charge in [0, 0.05) is 19.0 Å². The molecule has 1 aliphatic heterocycles. The normalized spacial score (nSPS) is 15.4. The van der Waals surface area contributed by atoms with Crippen molar-refractivity contribution in [1.29, 1.82) is 0 Å². The lowest BCUT2D eigenvalue weighted by atomic mass is 9.73. The number of ether oxygens (including phenoxy) is 1. The van der Waals surface area contributed by atoms with Crippen molar-refractivity contribution in [2.75, 3.05) is 26.2 Å². The van der Waals surface area contributed by atoms with Crippen LogP contribution in [0.1, 0.15) is 71.9 Å². The maximum absolute atomic E-state index is 14.4. The number of hydrogen-bond acceptors (Lipinski definition) is 5. The van der Waals surface area contributed by atoms with E-state index in [0.29, 0.717) is 12.1 Å². The molecule has 252 valence electrons. The summed E-state index contributed by atoms with van der Waals surface area (Å²) < 4.78 is 19.9. The molecule has 1 heterocycles. The highest BCUT2D eigenvalue weighted by Crippen LogP contribution is 2.51. The third-order valence-electron chi connectivity index (χ3n) is 8.84. The Labute approximate surface area is 287 Å². The first kappa shape index (κ1) is 35.6. The van der Waals surface area contributed by atoms with Gasteiger partial charge in [0.2, 0.25) is 5.91 Å². The third kappa shape index (κ3) is 7.80. The lowest BCUT2D eigenvalue weighted by Crippen LogP contribution is -2.50. The second-order valence-electron chi connectivity index (χ2n) is 13.6. The molecule has 0 spiro atoms. The second kappa shape index (κ2) is 14.4. The van der Waals surface area contributed by atoms with Crippen LogP contribution in [0.15, 0.2) is 90.8 Å². The van der Waals surface area contributed by atoms with Crippen LogP contribution >= 0.6 is 18.5 Å². The Kier molecular flexibility index (Phi) is 10.7. The van der Waals surface area contributed by atoms with Crippen LogP contribution in [0.4, 0.5) is 4.39 Å². The summed E-state index contributed by atoms with van der Waals surface area (Å²) in [5.74, 6) is -1.11. The van der Waals surface area contributed by atoms with Gasteiger partial charge in [0.15, 0.2) is 5.15 Å². The van der Waals surface area contributed by atoms with Gasteiger partial charge < -0.3 is 20.3 Å². The number of halogens is 1. The van der Waals surface area contributed by atoms with E-state index in [2.05, 4.69) is 46.3 Å². The predicted octanol–water partition coefficient (Wildman–Crippen LogP) is 6.60. The van der Waals surface area contributed by atoms with Crippen LogP contribution in [0.5, 0.6) is 0 Å². The van der Waals surface area contributed by atoms with Gasteiger partial charge in [0.05, 0.1) is 23.4 Å². The molecule has 0 saturated carbocycles. The van der Waals surface area contributed by atoms with Crippen molar-refractivity contribution in [3.8, 4) is 11.1 Å². The molecule has 5 rings (SSSR count). The van der Waals surface area contributed by atoms with Crippen LogP contribution in [-0.2, 0) is 14.9 Å². The zero-order valence-electron chi connectivity index (χ0n) is 27.8. The molecule has 3 aromatic rings. The maximum atomic E-state index is 14.4. The molecule has 2 N–H and O–H groups in total. The number of benzene rings is 3. The summed E-state index contributed by atoms with van der Waals surface area (Å²) in [6.45, 7) is 11.3. The molecule has 0 radical (unpaired) electrons. The molecule has 10 heteroatoms. The highest BCUT2D eigenvalue weighted by Gasteiger charge is 2.48. The van der Waals surface area contributed by atoms with Gasteiger partial charge in [-0.05, 0) is 74.5 Å². The predicted molar refractivity (Wildman–Crippen MR) is 194 cm³/mol. The number of esters is 1. The van der Waals surface area contributed by atoms with E-state index in [1.165, 1.54) is 0 Å². The SMILES string of the molecule is C=C=C(NC(=O)c1ccccc1C(=O)OC(C)(C)C)C1CN(CCCCC2(C(=O)NCC(F)(P)P)c3ccccc3-c3ccccc32)C1. The number of carbonyl (C=O) groups excluding carboxylic acids is 3. The minimum absolute atomic E-state index is 0.0469. The lowest BCUT2D eigenvalue weighted by molar-refractivity contribution is -0.125. The summed E-state index contributed by atoms with van der Waals surface area (Å²) in [5, 5.41) is 4.12. The topological polar surface area (TPSA) is 87.7 Å². The van der Waals surface area contributed by atoms with E-state index in [9.17, 15) is 18.8 Å². The van der Waals surface area contributed by atoms with Crippen molar-refractivity contribution < 1.29 is 23.5 Å². The number of rotatable bonds is 12. The molecular formula is C38H44FN3O4P2. The highest BCUT2D eigenvalue weighted by atomic mass is 31.1. The zero-order valence-corrected chi connectivity index (χ0v) is 30.1. The van der Waals surface area contributed by atoms with Gasteiger partial charge in [-0.2, -0.15) is 0 Å². The number of amides is 2. The van der Waals surface area contributed by atoms with Crippen molar-refractivity contribution in [2.45, 2.75) is 56.2 Å². The van der Waals surface area contributed by atoms with Crippen molar-refractivity contribution in [2.24, 2.45) is 5.92 Å². The molecule has 1 fully saturated rings. The fourth-order valence-corrected chi connectivity index (χ4v) is 6.86. The van der Waals surface area contributed by atoms with Crippen LogP contribution in [0, 0.1) is 5.92 Å². The fourth-order valence-electron chi connectivity index (χ4n) is 6.65. The highest BCUT2D eigenvalue weighted by molar-refractivity contribution is 7.39. The molecule has 0 aromatic heterocycles. The molecule has 2 amide bonds. The minimum atomic E-state index is -1.69. The molecule has 1 saturated heterocycles. The third-order valence-corrected chi connectivity index (χ3v) is 9.25. The van der Waals surface area contributed by atoms with Crippen LogP contribution in [0.2, 0.25) is 0 Å². The molecule has 3 aromatic carbocycles. The van der Waals surface area contributed by atoms with E-state index >= 15 is 0 Å². The summed E-state index contributed by atoms with van der Waals surface area (Å²) in [4.78, 5) is 42.3. The first-order chi connectivity index (χ1) is 22.7. The van der Waals surface area contributed by atoms with Crippen molar-refractivity contribution in [3.63, 3.8) is 0 Å². The largest absolute Gasteiger partial charge is 0.456 e. The summed E-state index contributed by atoms with van der Waals surface area (Å²) in [7, 11) is 4.24. The van der Waals surface area contributed by atoms with Gasteiger partial charge in [0.25, 0.3) is 5.91 Å². The number of unbranched alkanes of at least 4 members (excludes halogenated alkanes) is 1. The standard InChI is InChI=1S/C38H44FN3O4P2/c1-5-32(41-33(43)28-16-6-7-17-29(28)34(44)46-36(2,3)4)25-22-42(23-25)21-13-12-20-37(35(45)40-24-38(39,47)48)30-18-10-8-14-26(30)27-15-9-11-19-31(27)37/h6-11,14-19,25H,1,12-13,20-24,47-48H2,2-4H3,(H,40,45)(H,41,43). The molecule has 7 nitrogen and oxygen atoms in total. The Balaban J connectivity index is 1.20. The zero-order chi connectivity index (χ0) is 34.7. The number of nitrogens with one attached hydrogen (secondary N) is 2. The van der Waals surface area contributed by atoms with Crippen LogP contribution < -0.4 is 10.6 Å². The summed E-state index contributed by atoms with van der Waals surface area (Å²) in [6, 6.07) is 22.6. The maximum Gasteiger partial charge on any atom is 0.339 e. The quantitative estimate of drug-likeness (QED) is 0.0971. The van der Waals surface area contributed by atoms with E-state index in [1.807, 2.05) is 48.5 Å². The van der Waals surface area contributed by atoms with Crippen molar-refractivity contribution in [3.05, 3.63) is 113 Å². The van der Waals surface area contributed by atoms with Crippen molar-refractivity contribution in [1.82, 2.24) is 15.5 Å². The summed E-state index contributed by atoms with van der Waals surface area (Å²) >= 11 is 0. The van der Waals surface area contributed by atoms with Gasteiger partial charge in [-0.15, -0.1) is 5.73 Å². The number of hydrogen-bond donors (Lipinski definition) is 2. The summed E-state index contributed by atoms with van der Waals surface area (Å²) in [6.07, 6.45) is 2.22. The first-order valence-corrected chi connectivity index (χ1v) is 17.4. The van der Waals surface area contributed by atoms with E-state index in [-0.39, 0.29) is 29.5 Å². The molecule has 0 bridgehead atoms. The van der Waals surface area contributed by atoms with Crippen LogP contribution in [0.25, 0.3) is 11.1 Å². The Hall–Kier alpha value is -3.66. The molecule has 2 atom stereocenters. The smallest absolute Gasteiger partial charge is 0.339 e. The van der Waals surface area contributed by atoms with Gasteiger partial charge in [-0.3, -0.25) is 9.59 Å². The Bertz CT molecular complexity index is 1710. The Morgan fingerprint density at radius 3 is 2.06 bits per heavy atom. The molecule has 2 unspecified atom stereocenters. The Morgan fingerprint density at radius 2 is 1.50 bits per heavy atom. The van der Waals surface area contributed by atoms with E-state index < -0.39 is 28.0 Å². The van der Waals surface area contributed by atoms with Gasteiger partial charge in [-0.1, -0.05) is 92.1 Å². The number of carbonyl (C=O) groups is 3. The Morgan fingerprint density at radius 1 is 0.938 bits per heavy atom. The second-order valence-corrected chi connectivity index (χ2v) is 16.2. The average molecular weight is 688 g/mol. The van der Waals surface area contributed by atoms with Gasteiger partial charge in [0.1, 0.15) is 11.0 Å².